The van der Waals surface area contributed by atoms with Gasteiger partial charge >= 0.3 is 0 Å². The Morgan fingerprint density at radius 2 is 2.00 bits per heavy atom. The van der Waals surface area contributed by atoms with E-state index in [1.165, 1.54) is 0 Å². The van der Waals surface area contributed by atoms with Crippen molar-refractivity contribution in [2.24, 2.45) is 0 Å². The molecule has 9 heteroatoms. The third-order valence-corrected chi connectivity index (χ3v) is 5.23. The van der Waals surface area contributed by atoms with Crippen molar-refractivity contribution in [1.82, 2.24) is 14.9 Å². The summed E-state index contributed by atoms with van der Waals surface area (Å²) in [6.07, 6.45) is 0. The smallest absolute Gasteiger partial charge is 0.254 e. The normalized spacial score (nSPS) is 17.0. The zero-order chi connectivity index (χ0) is 19.4. The van der Waals surface area contributed by atoms with Gasteiger partial charge in [0.2, 0.25) is 0 Å². The van der Waals surface area contributed by atoms with E-state index in [-0.39, 0.29) is 28.0 Å². The number of aliphatic carboxylic acids is 1. The standard InChI is InChI=1S/C18H19ClN4O3S/c1-12-10-22(7-8-23(12)17(26)13-5-3-2-4-6-13)15-9-14(19)20-18(21-15)27-11-16(24)25/h2-6,9,12H,7-8,10-11H2,1H3,(H,24,25)/p-1/t12-/m0/s1. The second kappa shape index (κ2) is 8.58. The minimum absolute atomic E-state index is 0.00803. The number of aromatic nitrogens is 2. The van der Waals surface area contributed by atoms with Gasteiger partial charge in [0.15, 0.2) is 5.16 Å². The van der Waals surface area contributed by atoms with Gasteiger partial charge in [0.25, 0.3) is 5.91 Å². The SMILES string of the molecule is C[C@H]1CN(c2cc(Cl)nc(SCC(=O)[O-])n2)CCN1C(=O)c1ccccc1. The molecule has 142 valence electrons. The van der Waals surface area contributed by atoms with Gasteiger partial charge in [-0.05, 0) is 19.1 Å². The van der Waals surface area contributed by atoms with Crippen molar-refractivity contribution in [2.75, 3.05) is 30.3 Å². The highest BCUT2D eigenvalue weighted by Crippen LogP contribution is 2.24. The summed E-state index contributed by atoms with van der Waals surface area (Å²) in [5.41, 5.74) is 0.670. The average molecular weight is 406 g/mol. The Hall–Kier alpha value is -2.32. The first-order valence-corrected chi connectivity index (χ1v) is 9.78. The predicted molar refractivity (Wildman–Crippen MR) is 102 cm³/mol. The fourth-order valence-electron chi connectivity index (χ4n) is 2.95. The van der Waals surface area contributed by atoms with Crippen LogP contribution in [0.2, 0.25) is 5.15 Å². The highest BCUT2D eigenvalue weighted by atomic mass is 35.5. The molecule has 7 nitrogen and oxygen atoms in total. The molecule has 1 aliphatic heterocycles. The van der Waals surface area contributed by atoms with Gasteiger partial charge in [-0.25, -0.2) is 9.97 Å². The molecule has 1 aliphatic rings. The molecule has 1 amide bonds. The summed E-state index contributed by atoms with van der Waals surface area (Å²) in [7, 11) is 0. The zero-order valence-electron chi connectivity index (χ0n) is 14.7. The van der Waals surface area contributed by atoms with Crippen LogP contribution in [0.25, 0.3) is 0 Å². The zero-order valence-corrected chi connectivity index (χ0v) is 16.2. The van der Waals surface area contributed by atoms with Crippen LogP contribution in [0.4, 0.5) is 5.82 Å². The topological polar surface area (TPSA) is 89.5 Å². The van der Waals surface area contributed by atoms with Gasteiger partial charge < -0.3 is 19.7 Å². The van der Waals surface area contributed by atoms with Crippen molar-refractivity contribution in [3.8, 4) is 0 Å². The largest absolute Gasteiger partial charge is 0.549 e. The Balaban J connectivity index is 1.70. The molecule has 1 aromatic heterocycles. The average Bonchev–Trinajstić information content (AvgIpc) is 2.66. The molecule has 1 atom stereocenters. The van der Waals surface area contributed by atoms with E-state index in [0.717, 1.165) is 11.8 Å². The molecule has 0 radical (unpaired) electrons. The number of carbonyl (C=O) groups excluding carboxylic acids is 2. The van der Waals surface area contributed by atoms with Crippen molar-refractivity contribution < 1.29 is 14.7 Å². The maximum Gasteiger partial charge on any atom is 0.254 e. The number of halogens is 1. The fraction of sp³-hybridized carbons (Fsp3) is 0.333. The quantitative estimate of drug-likeness (QED) is 0.421. The minimum atomic E-state index is -1.19. The number of carboxylic acid groups (broad SMARTS) is 1. The lowest BCUT2D eigenvalue weighted by atomic mass is 10.1. The van der Waals surface area contributed by atoms with Crippen LogP contribution >= 0.6 is 23.4 Å². The molecule has 3 rings (SSSR count). The van der Waals surface area contributed by atoms with E-state index in [1.807, 2.05) is 47.1 Å². The maximum absolute atomic E-state index is 12.7. The first-order chi connectivity index (χ1) is 12.9. The summed E-state index contributed by atoms with van der Waals surface area (Å²) < 4.78 is 0. The number of amides is 1. The third-order valence-electron chi connectivity index (χ3n) is 4.21. The lowest BCUT2D eigenvalue weighted by Crippen LogP contribution is -2.54. The minimum Gasteiger partial charge on any atom is -0.549 e. The molecule has 1 fully saturated rings. The van der Waals surface area contributed by atoms with Crippen LogP contribution in [-0.2, 0) is 4.79 Å². The first kappa shape index (κ1) is 19.4. The summed E-state index contributed by atoms with van der Waals surface area (Å²) >= 11 is 7.03. The molecular formula is C18H18ClN4O3S-. The Morgan fingerprint density at radius 3 is 2.67 bits per heavy atom. The second-order valence-electron chi connectivity index (χ2n) is 6.15. The number of rotatable bonds is 5. The Labute approximate surface area is 166 Å². The van der Waals surface area contributed by atoms with E-state index in [9.17, 15) is 14.7 Å². The predicted octanol–water partition coefficient (Wildman–Crippen LogP) is 1.32. The van der Waals surface area contributed by atoms with Gasteiger partial charge in [0.05, 0.1) is 5.97 Å². The number of carboxylic acids is 1. The van der Waals surface area contributed by atoms with E-state index in [0.29, 0.717) is 31.0 Å². The number of piperazine rings is 1. The maximum atomic E-state index is 12.7. The van der Waals surface area contributed by atoms with Gasteiger partial charge in [-0.2, -0.15) is 0 Å². The Kier molecular flexibility index (Phi) is 6.18. The Bertz CT molecular complexity index is 837. The van der Waals surface area contributed by atoms with Crippen LogP contribution < -0.4 is 10.0 Å². The van der Waals surface area contributed by atoms with Crippen molar-refractivity contribution in [1.29, 1.82) is 0 Å². The lowest BCUT2D eigenvalue weighted by molar-refractivity contribution is -0.301. The number of carbonyl (C=O) groups is 2. The molecule has 2 aromatic rings. The highest BCUT2D eigenvalue weighted by molar-refractivity contribution is 7.99. The molecule has 27 heavy (non-hydrogen) atoms. The van der Waals surface area contributed by atoms with Crippen molar-refractivity contribution in [2.45, 2.75) is 18.1 Å². The molecule has 0 unspecified atom stereocenters. The Morgan fingerprint density at radius 1 is 1.26 bits per heavy atom. The van der Waals surface area contributed by atoms with Gasteiger partial charge in [0, 0.05) is 43.1 Å². The molecule has 2 heterocycles. The van der Waals surface area contributed by atoms with Crippen LogP contribution in [0.5, 0.6) is 0 Å². The summed E-state index contributed by atoms with van der Waals surface area (Å²) in [6.45, 7) is 3.73. The second-order valence-corrected chi connectivity index (χ2v) is 7.48. The van der Waals surface area contributed by atoms with E-state index >= 15 is 0 Å². The van der Waals surface area contributed by atoms with Crippen molar-refractivity contribution >= 4 is 41.1 Å². The van der Waals surface area contributed by atoms with Crippen molar-refractivity contribution in [3.05, 3.63) is 47.1 Å². The summed E-state index contributed by atoms with van der Waals surface area (Å²) in [5, 5.41) is 11.2. The van der Waals surface area contributed by atoms with E-state index in [4.69, 9.17) is 11.6 Å². The van der Waals surface area contributed by atoms with Crippen LogP contribution in [0, 0.1) is 0 Å². The first-order valence-electron chi connectivity index (χ1n) is 8.42. The highest BCUT2D eigenvalue weighted by Gasteiger charge is 2.29. The summed E-state index contributed by atoms with van der Waals surface area (Å²) in [4.78, 5) is 35.6. The van der Waals surface area contributed by atoms with Gasteiger partial charge in [-0.15, -0.1) is 0 Å². The van der Waals surface area contributed by atoms with Crippen LogP contribution in [-0.4, -0.2) is 58.2 Å². The van der Waals surface area contributed by atoms with Crippen LogP contribution in [0.15, 0.2) is 41.6 Å². The van der Waals surface area contributed by atoms with Crippen LogP contribution in [0.1, 0.15) is 17.3 Å². The molecule has 0 spiro atoms. The monoisotopic (exact) mass is 405 g/mol. The molecule has 1 saturated heterocycles. The van der Waals surface area contributed by atoms with Gasteiger partial charge in [-0.3, -0.25) is 4.79 Å². The fourth-order valence-corrected chi connectivity index (χ4v) is 3.75. The van der Waals surface area contributed by atoms with Crippen LogP contribution in [0.3, 0.4) is 0 Å². The van der Waals surface area contributed by atoms with Gasteiger partial charge in [0.1, 0.15) is 11.0 Å². The van der Waals surface area contributed by atoms with Gasteiger partial charge in [-0.1, -0.05) is 41.6 Å². The van der Waals surface area contributed by atoms with Crippen molar-refractivity contribution in [3.63, 3.8) is 0 Å². The number of hydrogen-bond donors (Lipinski definition) is 0. The number of hydrogen-bond acceptors (Lipinski definition) is 7. The molecule has 1 aromatic carbocycles. The number of benzene rings is 1. The van der Waals surface area contributed by atoms with E-state index in [2.05, 4.69) is 9.97 Å². The number of thioether (sulfide) groups is 1. The molecule has 0 N–H and O–H groups in total. The third kappa shape index (κ3) is 4.90. The number of anilines is 1. The summed E-state index contributed by atoms with van der Waals surface area (Å²) in [6, 6.07) is 10.8. The lowest BCUT2D eigenvalue weighted by Gasteiger charge is -2.40. The van der Waals surface area contributed by atoms with E-state index < -0.39 is 5.97 Å². The molecule has 0 saturated carbocycles. The molecular weight excluding hydrogens is 388 g/mol. The number of nitrogens with zero attached hydrogens (tertiary/aromatic N) is 4. The molecule has 0 bridgehead atoms. The van der Waals surface area contributed by atoms with E-state index in [1.54, 1.807) is 6.07 Å². The summed E-state index contributed by atoms with van der Waals surface area (Å²) in [5.74, 6) is -0.801. The molecule has 0 aliphatic carbocycles.